The highest BCUT2D eigenvalue weighted by Crippen LogP contribution is 2.26. The summed E-state index contributed by atoms with van der Waals surface area (Å²) >= 11 is 3.27. The zero-order valence-electron chi connectivity index (χ0n) is 6.70. The van der Waals surface area contributed by atoms with Crippen LogP contribution in [-0.4, -0.2) is 6.54 Å². The Morgan fingerprint density at radius 3 is 2.83 bits per heavy atom. The fourth-order valence-electron chi connectivity index (χ4n) is 0.888. The second-order valence-corrected chi connectivity index (χ2v) is 3.24. The topological polar surface area (TPSA) is 38.0 Å². The number of nitrogens with one attached hydrogen (secondary N) is 1. The van der Waals surface area contributed by atoms with E-state index in [9.17, 15) is 4.39 Å². The number of anilines is 2. The summed E-state index contributed by atoms with van der Waals surface area (Å²) < 4.78 is 13.7. The molecule has 0 heterocycles. The van der Waals surface area contributed by atoms with Crippen LogP contribution in [0.4, 0.5) is 15.8 Å². The maximum Gasteiger partial charge on any atom is 0.148 e. The van der Waals surface area contributed by atoms with Gasteiger partial charge in [0, 0.05) is 17.1 Å². The zero-order valence-corrected chi connectivity index (χ0v) is 8.28. The van der Waals surface area contributed by atoms with Crippen LogP contribution in [0, 0.1) is 5.82 Å². The van der Waals surface area contributed by atoms with Crippen molar-refractivity contribution in [1.29, 1.82) is 0 Å². The SMILES string of the molecule is CCNc1cc(F)c(N)cc1Br. The molecular formula is C8H10BrFN2. The molecule has 0 aliphatic heterocycles. The first-order chi connectivity index (χ1) is 5.65. The van der Waals surface area contributed by atoms with Crippen molar-refractivity contribution in [2.45, 2.75) is 6.92 Å². The fourth-order valence-corrected chi connectivity index (χ4v) is 1.39. The maximum absolute atomic E-state index is 12.9. The van der Waals surface area contributed by atoms with Crippen LogP contribution in [0.25, 0.3) is 0 Å². The lowest BCUT2D eigenvalue weighted by Crippen LogP contribution is -1.99. The van der Waals surface area contributed by atoms with Crippen LogP contribution in [0.2, 0.25) is 0 Å². The van der Waals surface area contributed by atoms with Gasteiger partial charge in [-0.3, -0.25) is 0 Å². The van der Waals surface area contributed by atoms with Crippen molar-refractivity contribution in [3.63, 3.8) is 0 Å². The van der Waals surface area contributed by atoms with E-state index in [4.69, 9.17) is 5.73 Å². The third-order valence-electron chi connectivity index (χ3n) is 1.45. The van der Waals surface area contributed by atoms with Crippen molar-refractivity contribution in [2.75, 3.05) is 17.6 Å². The normalized spacial score (nSPS) is 9.92. The van der Waals surface area contributed by atoms with Gasteiger partial charge in [-0.1, -0.05) is 0 Å². The van der Waals surface area contributed by atoms with Gasteiger partial charge >= 0.3 is 0 Å². The predicted octanol–water partition coefficient (Wildman–Crippen LogP) is 2.60. The van der Waals surface area contributed by atoms with Crippen LogP contribution in [0.15, 0.2) is 16.6 Å². The van der Waals surface area contributed by atoms with Gasteiger partial charge in [-0.15, -0.1) is 0 Å². The minimum Gasteiger partial charge on any atom is -0.396 e. The van der Waals surface area contributed by atoms with Crippen LogP contribution in [0.1, 0.15) is 6.92 Å². The second kappa shape index (κ2) is 3.76. The summed E-state index contributed by atoms with van der Waals surface area (Å²) in [5.41, 5.74) is 6.24. The van der Waals surface area contributed by atoms with E-state index in [0.717, 1.165) is 16.7 Å². The van der Waals surface area contributed by atoms with E-state index < -0.39 is 5.82 Å². The van der Waals surface area contributed by atoms with Gasteiger partial charge in [-0.05, 0) is 28.9 Å². The number of benzene rings is 1. The van der Waals surface area contributed by atoms with Gasteiger partial charge in [-0.25, -0.2) is 4.39 Å². The molecule has 1 aromatic carbocycles. The Morgan fingerprint density at radius 2 is 2.25 bits per heavy atom. The highest BCUT2D eigenvalue weighted by Gasteiger charge is 2.04. The standard InChI is InChI=1S/C8H10BrFN2/c1-2-12-8-4-6(10)7(11)3-5(8)9/h3-4,12H,2,11H2,1H3. The van der Waals surface area contributed by atoms with E-state index in [1.54, 1.807) is 6.07 Å². The lowest BCUT2D eigenvalue weighted by Gasteiger charge is -2.07. The monoisotopic (exact) mass is 232 g/mol. The molecule has 0 fully saturated rings. The quantitative estimate of drug-likeness (QED) is 0.770. The van der Waals surface area contributed by atoms with E-state index in [-0.39, 0.29) is 5.69 Å². The molecule has 12 heavy (non-hydrogen) atoms. The minimum atomic E-state index is -0.394. The molecule has 0 aliphatic rings. The number of hydrogen-bond acceptors (Lipinski definition) is 2. The summed E-state index contributed by atoms with van der Waals surface area (Å²) in [5.74, 6) is -0.394. The first-order valence-corrected chi connectivity index (χ1v) is 4.42. The van der Waals surface area contributed by atoms with Crippen LogP contribution in [0.5, 0.6) is 0 Å². The molecule has 0 aromatic heterocycles. The third-order valence-corrected chi connectivity index (χ3v) is 2.11. The summed E-state index contributed by atoms with van der Waals surface area (Å²) in [6.07, 6.45) is 0. The molecule has 0 atom stereocenters. The van der Waals surface area contributed by atoms with Crippen LogP contribution < -0.4 is 11.1 Å². The average Bonchev–Trinajstić information content (AvgIpc) is 2.01. The third kappa shape index (κ3) is 1.88. The molecule has 0 saturated heterocycles. The zero-order chi connectivity index (χ0) is 9.14. The summed E-state index contributed by atoms with van der Waals surface area (Å²) in [7, 11) is 0. The highest BCUT2D eigenvalue weighted by atomic mass is 79.9. The molecular weight excluding hydrogens is 223 g/mol. The number of halogens is 2. The van der Waals surface area contributed by atoms with Crippen molar-refractivity contribution < 1.29 is 4.39 Å². The molecule has 0 aliphatic carbocycles. The predicted molar refractivity (Wildman–Crippen MR) is 52.7 cm³/mol. The summed E-state index contributed by atoms with van der Waals surface area (Å²) in [5, 5.41) is 3.00. The van der Waals surface area contributed by atoms with Crippen molar-refractivity contribution in [1.82, 2.24) is 0 Å². The summed E-state index contributed by atoms with van der Waals surface area (Å²) in [6.45, 7) is 2.70. The Balaban J connectivity index is 3.05. The molecule has 1 rings (SSSR count). The van der Waals surface area contributed by atoms with Gasteiger partial charge in [0.15, 0.2) is 0 Å². The molecule has 1 aromatic rings. The van der Waals surface area contributed by atoms with Crippen LogP contribution in [-0.2, 0) is 0 Å². The molecule has 0 spiro atoms. The molecule has 0 amide bonds. The molecule has 3 N–H and O–H groups in total. The largest absolute Gasteiger partial charge is 0.396 e. The van der Waals surface area contributed by atoms with Crippen LogP contribution in [0.3, 0.4) is 0 Å². The van der Waals surface area contributed by atoms with Gasteiger partial charge in [0.1, 0.15) is 5.82 Å². The second-order valence-electron chi connectivity index (χ2n) is 2.38. The van der Waals surface area contributed by atoms with E-state index in [2.05, 4.69) is 21.2 Å². The summed E-state index contributed by atoms with van der Waals surface area (Å²) in [6, 6.07) is 2.93. The molecule has 2 nitrogen and oxygen atoms in total. The van der Waals surface area contributed by atoms with Crippen molar-refractivity contribution in [3.05, 3.63) is 22.4 Å². The van der Waals surface area contributed by atoms with E-state index >= 15 is 0 Å². The summed E-state index contributed by atoms with van der Waals surface area (Å²) in [4.78, 5) is 0. The van der Waals surface area contributed by atoms with Crippen molar-refractivity contribution in [3.8, 4) is 0 Å². The number of rotatable bonds is 2. The first-order valence-electron chi connectivity index (χ1n) is 3.63. The average molecular weight is 233 g/mol. The smallest absolute Gasteiger partial charge is 0.148 e. The van der Waals surface area contributed by atoms with E-state index in [1.807, 2.05) is 6.92 Å². The molecule has 66 valence electrons. The van der Waals surface area contributed by atoms with Gasteiger partial charge in [-0.2, -0.15) is 0 Å². The van der Waals surface area contributed by atoms with Gasteiger partial charge in [0.05, 0.1) is 11.4 Å². The highest BCUT2D eigenvalue weighted by molar-refractivity contribution is 9.10. The van der Waals surface area contributed by atoms with Crippen molar-refractivity contribution in [2.24, 2.45) is 0 Å². The van der Waals surface area contributed by atoms with Crippen LogP contribution >= 0.6 is 15.9 Å². The van der Waals surface area contributed by atoms with Gasteiger partial charge in [0.25, 0.3) is 0 Å². The van der Waals surface area contributed by atoms with E-state index in [0.29, 0.717) is 0 Å². The lowest BCUT2D eigenvalue weighted by atomic mass is 10.2. The Hall–Kier alpha value is -0.770. The molecule has 4 heteroatoms. The Kier molecular flexibility index (Phi) is 2.92. The molecule has 0 unspecified atom stereocenters. The maximum atomic E-state index is 12.9. The first kappa shape index (κ1) is 9.32. The Labute approximate surface area is 79.1 Å². The van der Waals surface area contributed by atoms with E-state index in [1.165, 1.54) is 6.07 Å². The molecule has 0 saturated carbocycles. The Morgan fingerprint density at radius 1 is 1.58 bits per heavy atom. The lowest BCUT2D eigenvalue weighted by molar-refractivity contribution is 0.632. The van der Waals surface area contributed by atoms with Crippen molar-refractivity contribution >= 4 is 27.3 Å². The molecule has 0 radical (unpaired) electrons. The Bertz CT molecular complexity index is 289. The fraction of sp³-hybridized carbons (Fsp3) is 0.250. The minimum absolute atomic E-state index is 0.156. The number of hydrogen-bond donors (Lipinski definition) is 2. The number of nitrogens with two attached hydrogens (primary N) is 1. The number of nitrogen functional groups attached to an aromatic ring is 1. The molecule has 0 bridgehead atoms. The van der Waals surface area contributed by atoms with Gasteiger partial charge in [0.2, 0.25) is 0 Å². The van der Waals surface area contributed by atoms with Gasteiger partial charge < -0.3 is 11.1 Å².